The highest BCUT2D eigenvalue weighted by Crippen LogP contribution is 2.23. The molecule has 0 bridgehead atoms. The van der Waals surface area contributed by atoms with Gasteiger partial charge >= 0.3 is 0 Å². The van der Waals surface area contributed by atoms with Gasteiger partial charge < -0.3 is 10.3 Å². The zero-order valence-corrected chi connectivity index (χ0v) is 12.7. The Morgan fingerprint density at radius 3 is 2.50 bits per heavy atom. The quantitative estimate of drug-likeness (QED) is 0.603. The van der Waals surface area contributed by atoms with Crippen LogP contribution >= 0.6 is 0 Å². The Bertz CT molecular complexity index is 994. The molecule has 0 fully saturated rings. The van der Waals surface area contributed by atoms with Crippen LogP contribution in [0.5, 0.6) is 0 Å². The lowest BCUT2D eigenvalue weighted by molar-refractivity contribution is 0.102. The number of imidazole rings is 1. The van der Waals surface area contributed by atoms with E-state index in [1.165, 1.54) is 0 Å². The van der Waals surface area contributed by atoms with E-state index in [1.54, 1.807) is 18.5 Å². The Kier molecular flexibility index (Phi) is 3.51. The third-order valence-corrected chi connectivity index (χ3v) is 3.74. The average Bonchev–Trinajstić information content (AvgIpc) is 3.07. The first-order valence-corrected chi connectivity index (χ1v) is 7.57. The number of rotatable bonds is 3. The summed E-state index contributed by atoms with van der Waals surface area (Å²) in [5, 5.41) is 2.90. The van der Waals surface area contributed by atoms with E-state index in [9.17, 15) is 4.79 Å². The summed E-state index contributed by atoms with van der Waals surface area (Å²) in [6, 6.07) is 18.7. The van der Waals surface area contributed by atoms with E-state index in [0.29, 0.717) is 16.9 Å². The molecule has 1 amide bonds. The number of hydrogen-bond donors (Lipinski definition) is 2. The van der Waals surface area contributed by atoms with Gasteiger partial charge in [-0.05, 0) is 36.4 Å². The topological polar surface area (TPSA) is 70.7 Å². The lowest BCUT2D eigenvalue weighted by Crippen LogP contribution is -2.12. The number of para-hydroxylation sites is 2. The maximum atomic E-state index is 12.6. The molecular weight excluding hydrogens is 300 g/mol. The number of carbonyl (C=O) groups is 1. The largest absolute Gasteiger partial charge is 0.338 e. The van der Waals surface area contributed by atoms with Crippen LogP contribution in [0.25, 0.3) is 22.4 Å². The van der Waals surface area contributed by atoms with Gasteiger partial charge in [-0.1, -0.05) is 24.3 Å². The van der Waals surface area contributed by atoms with Gasteiger partial charge in [0.25, 0.3) is 5.91 Å². The van der Waals surface area contributed by atoms with Crippen molar-refractivity contribution >= 4 is 22.6 Å². The highest BCUT2D eigenvalue weighted by Gasteiger charge is 2.14. The van der Waals surface area contributed by atoms with E-state index in [0.717, 1.165) is 16.8 Å². The van der Waals surface area contributed by atoms with Gasteiger partial charge in [0, 0.05) is 23.6 Å². The molecule has 2 aromatic carbocycles. The molecular formula is C19H14N4O. The van der Waals surface area contributed by atoms with Crippen LogP contribution in [0.3, 0.4) is 0 Å². The molecule has 4 rings (SSSR count). The maximum absolute atomic E-state index is 12.6. The minimum Gasteiger partial charge on any atom is -0.338 e. The van der Waals surface area contributed by atoms with Crippen LogP contribution in [-0.4, -0.2) is 20.9 Å². The minimum atomic E-state index is -0.181. The van der Waals surface area contributed by atoms with Gasteiger partial charge in [-0.15, -0.1) is 0 Å². The third-order valence-electron chi connectivity index (χ3n) is 3.74. The maximum Gasteiger partial charge on any atom is 0.257 e. The smallest absolute Gasteiger partial charge is 0.257 e. The molecule has 0 spiro atoms. The highest BCUT2D eigenvalue weighted by atomic mass is 16.1. The molecule has 0 aliphatic heterocycles. The molecule has 0 aliphatic rings. The number of pyridine rings is 1. The van der Waals surface area contributed by atoms with E-state index >= 15 is 0 Å². The molecule has 0 saturated heterocycles. The van der Waals surface area contributed by atoms with E-state index < -0.39 is 0 Å². The van der Waals surface area contributed by atoms with Crippen molar-refractivity contribution < 1.29 is 4.79 Å². The Labute approximate surface area is 138 Å². The number of nitrogens with zero attached hydrogens (tertiary/aromatic N) is 2. The van der Waals surface area contributed by atoms with Gasteiger partial charge in [-0.25, -0.2) is 4.98 Å². The van der Waals surface area contributed by atoms with Crippen LogP contribution in [0.15, 0.2) is 73.1 Å². The SMILES string of the molecule is O=C(Nc1ccccc1)c1cccc2[nH]c(-c3ccncc3)nc12. The van der Waals surface area contributed by atoms with Gasteiger partial charge in [-0.2, -0.15) is 0 Å². The second-order valence-electron chi connectivity index (χ2n) is 5.34. The Morgan fingerprint density at radius 1 is 0.917 bits per heavy atom. The van der Waals surface area contributed by atoms with Crippen molar-refractivity contribution in [2.24, 2.45) is 0 Å². The molecule has 0 aliphatic carbocycles. The summed E-state index contributed by atoms with van der Waals surface area (Å²) in [6.07, 6.45) is 3.43. The molecule has 5 heteroatoms. The average molecular weight is 314 g/mol. The number of aromatic nitrogens is 3. The number of nitrogens with one attached hydrogen (secondary N) is 2. The van der Waals surface area contributed by atoms with E-state index in [4.69, 9.17) is 0 Å². The van der Waals surface area contributed by atoms with Crippen molar-refractivity contribution in [3.8, 4) is 11.4 Å². The van der Waals surface area contributed by atoms with Crippen molar-refractivity contribution in [3.05, 3.63) is 78.6 Å². The van der Waals surface area contributed by atoms with Crippen molar-refractivity contribution in [1.29, 1.82) is 0 Å². The number of anilines is 1. The zero-order valence-electron chi connectivity index (χ0n) is 12.7. The van der Waals surface area contributed by atoms with Crippen LogP contribution in [0.1, 0.15) is 10.4 Å². The van der Waals surface area contributed by atoms with Crippen LogP contribution in [0.4, 0.5) is 5.69 Å². The van der Waals surface area contributed by atoms with Crippen LogP contribution in [0, 0.1) is 0 Å². The van der Waals surface area contributed by atoms with E-state index in [2.05, 4.69) is 20.3 Å². The molecule has 24 heavy (non-hydrogen) atoms. The first-order valence-electron chi connectivity index (χ1n) is 7.57. The van der Waals surface area contributed by atoms with Crippen molar-refractivity contribution in [3.63, 3.8) is 0 Å². The predicted octanol–water partition coefficient (Wildman–Crippen LogP) is 3.88. The fourth-order valence-corrected chi connectivity index (χ4v) is 2.58. The summed E-state index contributed by atoms with van der Waals surface area (Å²) < 4.78 is 0. The molecule has 2 heterocycles. The van der Waals surface area contributed by atoms with Crippen molar-refractivity contribution in [2.75, 3.05) is 5.32 Å². The van der Waals surface area contributed by atoms with Crippen molar-refractivity contribution in [1.82, 2.24) is 15.0 Å². The van der Waals surface area contributed by atoms with Gasteiger partial charge in [0.05, 0.1) is 11.1 Å². The summed E-state index contributed by atoms with van der Waals surface area (Å²) in [7, 11) is 0. The monoisotopic (exact) mass is 314 g/mol. The first kappa shape index (κ1) is 14.1. The second kappa shape index (κ2) is 5.96. The molecule has 5 nitrogen and oxygen atoms in total. The number of H-pyrrole nitrogens is 1. The predicted molar refractivity (Wildman–Crippen MR) is 93.7 cm³/mol. The molecule has 4 aromatic rings. The Morgan fingerprint density at radius 2 is 1.71 bits per heavy atom. The number of amides is 1. The molecule has 0 atom stereocenters. The highest BCUT2D eigenvalue weighted by molar-refractivity contribution is 6.11. The van der Waals surface area contributed by atoms with Gasteiger partial charge in [0.2, 0.25) is 0 Å². The number of hydrogen-bond acceptors (Lipinski definition) is 3. The van der Waals surface area contributed by atoms with Crippen LogP contribution < -0.4 is 5.32 Å². The summed E-state index contributed by atoms with van der Waals surface area (Å²) in [5.74, 6) is 0.534. The lowest BCUT2D eigenvalue weighted by atomic mass is 10.1. The molecule has 2 N–H and O–H groups in total. The number of carbonyl (C=O) groups excluding carboxylic acids is 1. The van der Waals surface area contributed by atoms with Gasteiger partial charge in [-0.3, -0.25) is 9.78 Å². The Balaban J connectivity index is 1.73. The summed E-state index contributed by atoms with van der Waals surface area (Å²) in [5.41, 5.74) is 3.69. The summed E-state index contributed by atoms with van der Waals surface area (Å²) >= 11 is 0. The van der Waals surface area contributed by atoms with E-state index in [1.807, 2.05) is 54.6 Å². The lowest BCUT2D eigenvalue weighted by Gasteiger charge is -2.05. The van der Waals surface area contributed by atoms with Crippen molar-refractivity contribution in [2.45, 2.75) is 0 Å². The molecule has 0 radical (unpaired) electrons. The second-order valence-corrected chi connectivity index (χ2v) is 5.34. The molecule has 0 unspecified atom stereocenters. The van der Waals surface area contributed by atoms with Gasteiger partial charge in [0.1, 0.15) is 11.3 Å². The normalized spacial score (nSPS) is 10.7. The molecule has 0 saturated carbocycles. The first-order chi connectivity index (χ1) is 11.8. The van der Waals surface area contributed by atoms with Crippen LogP contribution in [-0.2, 0) is 0 Å². The fourth-order valence-electron chi connectivity index (χ4n) is 2.58. The summed E-state index contributed by atoms with van der Waals surface area (Å²) in [4.78, 5) is 24.5. The number of benzene rings is 2. The third kappa shape index (κ3) is 2.63. The van der Waals surface area contributed by atoms with Gasteiger partial charge in [0.15, 0.2) is 0 Å². The Hall–Kier alpha value is -3.47. The standard InChI is InChI=1S/C19H14N4O/c24-19(21-14-5-2-1-3-6-14)15-7-4-8-16-17(15)23-18(22-16)13-9-11-20-12-10-13/h1-12H,(H,21,24)(H,22,23). The molecule has 2 aromatic heterocycles. The van der Waals surface area contributed by atoms with Crippen LogP contribution in [0.2, 0.25) is 0 Å². The zero-order chi connectivity index (χ0) is 16.4. The number of aromatic amines is 1. The minimum absolute atomic E-state index is 0.181. The number of fused-ring (bicyclic) bond motifs is 1. The van der Waals surface area contributed by atoms with E-state index in [-0.39, 0.29) is 5.91 Å². The molecule has 116 valence electrons. The fraction of sp³-hybridized carbons (Fsp3) is 0. The summed E-state index contributed by atoms with van der Waals surface area (Å²) in [6.45, 7) is 0.